The molecule has 1 aliphatic rings. The summed E-state index contributed by atoms with van der Waals surface area (Å²) in [5.41, 5.74) is 2.70. The Morgan fingerprint density at radius 1 is 1.57 bits per heavy atom. The first kappa shape index (κ1) is 12.0. The molecule has 0 radical (unpaired) electrons. The monoisotopic (exact) mass is 230 g/mol. The van der Waals surface area contributed by atoms with Crippen molar-refractivity contribution in [2.45, 2.75) is 32.9 Å². The van der Waals surface area contributed by atoms with Crippen LogP contribution >= 0.6 is 22.5 Å². The van der Waals surface area contributed by atoms with Crippen LogP contribution in [0.5, 0.6) is 0 Å². The van der Waals surface area contributed by atoms with E-state index in [-0.39, 0.29) is 5.41 Å². The van der Waals surface area contributed by atoms with E-state index in [2.05, 4.69) is 49.7 Å². The zero-order valence-electron chi connectivity index (χ0n) is 9.16. The second-order valence-corrected chi connectivity index (χ2v) is 6.02. The van der Waals surface area contributed by atoms with Gasteiger partial charge in [0, 0.05) is 11.9 Å². The lowest BCUT2D eigenvalue weighted by Gasteiger charge is -2.29. The molecule has 1 N–H and O–H groups in total. The number of nitrogens with one attached hydrogen (secondary N) is 1. The van der Waals surface area contributed by atoms with Crippen molar-refractivity contribution in [1.82, 2.24) is 5.32 Å². The zero-order valence-corrected chi connectivity index (χ0v) is 10.9. The minimum Gasteiger partial charge on any atom is -0.368 e. The highest BCUT2D eigenvalue weighted by molar-refractivity contribution is 8.68. The number of aliphatic imine (C=N–C) groups is 1. The fraction of sp³-hybridized carbons (Fsp3) is 0.700. The van der Waals surface area contributed by atoms with Crippen molar-refractivity contribution in [2.24, 2.45) is 10.4 Å². The predicted octanol–water partition coefficient (Wildman–Crippen LogP) is 2.88. The lowest BCUT2D eigenvalue weighted by Crippen LogP contribution is -2.30. The Morgan fingerprint density at radius 2 is 2.21 bits per heavy atom. The minimum absolute atomic E-state index is 0.143. The number of hydrogen-bond acceptors (Lipinski definition) is 4. The summed E-state index contributed by atoms with van der Waals surface area (Å²) < 4.78 is 0. The molecule has 0 aliphatic carbocycles. The third-order valence-corrected chi connectivity index (χ3v) is 3.74. The molecule has 1 unspecified atom stereocenters. The van der Waals surface area contributed by atoms with Gasteiger partial charge in [-0.25, -0.2) is 0 Å². The Labute approximate surface area is 95.5 Å². The number of rotatable bonds is 2. The molecule has 1 rings (SSSR count). The average molecular weight is 230 g/mol. The van der Waals surface area contributed by atoms with E-state index in [4.69, 9.17) is 0 Å². The number of hydrogen-bond donors (Lipinski definition) is 2. The lowest BCUT2D eigenvalue weighted by molar-refractivity contribution is 0.509. The molecule has 0 bridgehead atoms. The fourth-order valence-corrected chi connectivity index (χ4v) is 2.08. The number of thiol groups is 1. The van der Waals surface area contributed by atoms with Crippen LogP contribution in [0, 0.1) is 5.41 Å². The molecule has 0 saturated carbocycles. The second-order valence-electron chi connectivity index (χ2n) is 4.47. The molecule has 2 nitrogen and oxygen atoms in total. The Hall–Kier alpha value is -0.0900. The zero-order chi connectivity index (χ0) is 10.8. The van der Waals surface area contributed by atoms with Crippen molar-refractivity contribution in [2.75, 3.05) is 6.67 Å². The summed E-state index contributed by atoms with van der Waals surface area (Å²) >= 11 is 4.26. The first-order chi connectivity index (χ1) is 6.46. The molecule has 0 aromatic heterocycles. The summed E-state index contributed by atoms with van der Waals surface area (Å²) in [6.07, 6.45) is 1.99. The normalized spacial score (nSPS) is 19.5. The van der Waals surface area contributed by atoms with Crippen LogP contribution in [0.15, 0.2) is 16.3 Å². The average Bonchev–Trinajstić information content (AvgIpc) is 2.15. The maximum absolute atomic E-state index is 4.26. The molecule has 4 heteroatoms. The van der Waals surface area contributed by atoms with E-state index >= 15 is 0 Å². The SMILES string of the molecule is CC(SS)C1=C(C(C)(C)C)C=NCN1. The first-order valence-corrected chi connectivity index (χ1v) is 6.68. The van der Waals surface area contributed by atoms with Crippen LogP contribution in [0.4, 0.5) is 0 Å². The van der Waals surface area contributed by atoms with Crippen molar-refractivity contribution < 1.29 is 0 Å². The maximum Gasteiger partial charge on any atom is 0.107 e. The Bertz CT molecular complexity index is 264. The molecule has 1 atom stereocenters. The summed E-state index contributed by atoms with van der Waals surface area (Å²) in [6, 6.07) is 0. The van der Waals surface area contributed by atoms with Gasteiger partial charge in [-0.05, 0) is 17.9 Å². The van der Waals surface area contributed by atoms with E-state index in [0.29, 0.717) is 11.9 Å². The van der Waals surface area contributed by atoms with Crippen LogP contribution < -0.4 is 5.32 Å². The van der Waals surface area contributed by atoms with Crippen LogP contribution in [0.3, 0.4) is 0 Å². The standard InChI is InChI=1S/C10H18N2S2/c1-7(14-13)9-8(10(2,3)4)5-11-6-12-9/h5,7,12-13H,6H2,1-4H3. The van der Waals surface area contributed by atoms with Gasteiger partial charge in [0.05, 0.1) is 5.25 Å². The third-order valence-electron chi connectivity index (χ3n) is 2.24. The van der Waals surface area contributed by atoms with E-state index in [0.717, 1.165) is 0 Å². The molecule has 0 fully saturated rings. The summed E-state index contributed by atoms with van der Waals surface area (Å²) in [6.45, 7) is 9.46. The highest BCUT2D eigenvalue weighted by atomic mass is 33.1. The largest absolute Gasteiger partial charge is 0.368 e. The van der Waals surface area contributed by atoms with Gasteiger partial charge in [-0.3, -0.25) is 4.99 Å². The summed E-state index contributed by atoms with van der Waals surface area (Å²) in [7, 11) is 1.56. The van der Waals surface area contributed by atoms with Crippen molar-refractivity contribution in [3.8, 4) is 0 Å². The molecule has 0 saturated heterocycles. The maximum atomic E-state index is 4.26. The van der Waals surface area contributed by atoms with Gasteiger partial charge in [0.15, 0.2) is 0 Å². The predicted molar refractivity (Wildman–Crippen MR) is 69.0 cm³/mol. The summed E-state index contributed by atoms with van der Waals surface area (Å²) in [4.78, 5) is 4.26. The van der Waals surface area contributed by atoms with Gasteiger partial charge >= 0.3 is 0 Å². The van der Waals surface area contributed by atoms with Gasteiger partial charge in [-0.15, -0.1) is 11.7 Å². The fourth-order valence-electron chi connectivity index (χ4n) is 1.45. The molecule has 0 aromatic carbocycles. The van der Waals surface area contributed by atoms with Gasteiger partial charge in [0.1, 0.15) is 6.67 Å². The summed E-state index contributed by atoms with van der Waals surface area (Å²) in [5.74, 6) is 0. The topological polar surface area (TPSA) is 24.4 Å². The quantitative estimate of drug-likeness (QED) is 0.563. The number of nitrogens with zero attached hydrogens (tertiary/aromatic N) is 1. The van der Waals surface area contributed by atoms with Gasteiger partial charge in [0.25, 0.3) is 0 Å². The minimum atomic E-state index is 0.143. The van der Waals surface area contributed by atoms with E-state index in [1.807, 2.05) is 6.21 Å². The van der Waals surface area contributed by atoms with E-state index in [1.165, 1.54) is 11.3 Å². The molecule has 1 aliphatic heterocycles. The molecular formula is C10H18N2S2. The van der Waals surface area contributed by atoms with E-state index < -0.39 is 0 Å². The van der Waals surface area contributed by atoms with Crippen molar-refractivity contribution >= 4 is 28.7 Å². The van der Waals surface area contributed by atoms with Crippen molar-refractivity contribution in [1.29, 1.82) is 0 Å². The van der Waals surface area contributed by atoms with Crippen molar-refractivity contribution in [3.05, 3.63) is 11.3 Å². The highest BCUT2D eigenvalue weighted by Crippen LogP contribution is 2.32. The molecule has 0 amide bonds. The van der Waals surface area contributed by atoms with Crippen LogP contribution in [0.25, 0.3) is 0 Å². The Kier molecular flexibility index (Phi) is 3.95. The van der Waals surface area contributed by atoms with Crippen LogP contribution in [0.2, 0.25) is 0 Å². The smallest absolute Gasteiger partial charge is 0.107 e. The molecule has 0 spiro atoms. The highest BCUT2D eigenvalue weighted by Gasteiger charge is 2.24. The molecule has 80 valence electrons. The van der Waals surface area contributed by atoms with Crippen LogP contribution in [-0.2, 0) is 0 Å². The van der Waals surface area contributed by atoms with E-state index in [9.17, 15) is 0 Å². The Balaban J connectivity index is 3.04. The van der Waals surface area contributed by atoms with Crippen LogP contribution in [0.1, 0.15) is 27.7 Å². The molecule has 1 heterocycles. The van der Waals surface area contributed by atoms with E-state index in [1.54, 1.807) is 10.8 Å². The Morgan fingerprint density at radius 3 is 2.71 bits per heavy atom. The summed E-state index contributed by atoms with van der Waals surface area (Å²) in [5, 5.41) is 3.73. The first-order valence-electron chi connectivity index (χ1n) is 4.75. The van der Waals surface area contributed by atoms with Gasteiger partial charge in [-0.1, -0.05) is 31.6 Å². The second kappa shape index (κ2) is 4.62. The van der Waals surface area contributed by atoms with Gasteiger partial charge < -0.3 is 5.32 Å². The number of allylic oxidation sites excluding steroid dienone is 1. The molecule has 0 aromatic rings. The lowest BCUT2D eigenvalue weighted by atomic mass is 9.84. The van der Waals surface area contributed by atoms with Crippen molar-refractivity contribution in [3.63, 3.8) is 0 Å². The van der Waals surface area contributed by atoms with Gasteiger partial charge in [0.2, 0.25) is 0 Å². The molecular weight excluding hydrogens is 212 g/mol. The third kappa shape index (κ3) is 2.70. The van der Waals surface area contributed by atoms with Gasteiger partial charge in [-0.2, -0.15) is 0 Å². The molecule has 14 heavy (non-hydrogen) atoms. The van der Waals surface area contributed by atoms with Crippen LogP contribution in [-0.4, -0.2) is 18.1 Å².